The maximum atomic E-state index is 5.36. The molecule has 4 nitrogen and oxygen atoms in total. The highest BCUT2D eigenvalue weighted by molar-refractivity contribution is 5.80. The van der Waals surface area contributed by atoms with Crippen LogP contribution in [0.25, 0.3) is 11.0 Å². The van der Waals surface area contributed by atoms with E-state index in [-0.39, 0.29) is 0 Å². The Hall–Kier alpha value is -2.23. The predicted molar refractivity (Wildman–Crippen MR) is 76.4 cm³/mol. The summed E-state index contributed by atoms with van der Waals surface area (Å²) in [6.45, 7) is 0. The normalized spacial score (nSPS) is 11.1. The van der Waals surface area contributed by atoms with Crippen molar-refractivity contribution in [3.8, 4) is 0 Å². The molecule has 3 rings (SSSR count). The van der Waals surface area contributed by atoms with E-state index in [0.29, 0.717) is 0 Å². The molecule has 0 aliphatic carbocycles. The predicted octanol–water partition coefficient (Wildman–Crippen LogP) is 2.99. The second-order valence-corrected chi connectivity index (χ2v) is 4.62. The number of hydrogen-bond donors (Lipinski definition) is 1. The Bertz CT molecular complexity index is 683. The number of fused-ring (bicyclic) bond motifs is 1. The summed E-state index contributed by atoms with van der Waals surface area (Å²) in [5.41, 5.74) is 3.30. The second kappa shape index (κ2) is 4.80. The van der Waals surface area contributed by atoms with Gasteiger partial charge in [-0.2, -0.15) is 0 Å². The number of rotatable bonds is 4. The average Bonchev–Trinajstić information content (AvgIpc) is 3.05. The highest BCUT2D eigenvalue weighted by atomic mass is 16.3. The molecular weight excluding hydrogens is 238 g/mol. The lowest BCUT2D eigenvalue weighted by molar-refractivity contribution is 0.505. The van der Waals surface area contributed by atoms with E-state index in [1.165, 1.54) is 0 Å². The van der Waals surface area contributed by atoms with Gasteiger partial charge in [0.2, 0.25) is 0 Å². The summed E-state index contributed by atoms with van der Waals surface area (Å²) in [7, 11) is 3.99. The molecule has 0 radical (unpaired) electrons. The molecule has 98 valence electrons. The van der Waals surface area contributed by atoms with Crippen LogP contribution in [0.4, 0.5) is 5.69 Å². The van der Waals surface area contributed by atoms with Gasteiger partial charge in [0.1, 0.15) is 11.6 Å². The Morgan fingerprint density at radius 1 is 1.26 bits per heavy atom. The first-order chi connectivity index (χ1) is 9.28. The van der Waals surface area contributed by atoms with E-state index < -0.39 is 0 Å². The molecule has 0 aliphatic rings. The standard InChI is InChI=1S/C15H17N3O/c1-16-11-5-7-13-14(10-11)18(2)15(17-13)8-6-12-4-3-9-19-12/h3-5,7,9-10,16H,6,8H2,1-2H3. The third-order valence-corrected chi connectivity index (χ3v) is 3.44. The molecule has 0 saturated heterocycles. The quantitative estimate of drug-likeness (QED) is 0.779. The smallest absolute Gasteiger partial charge is 0.110 e. The maximum absolute atomic E-state index is 5.36. The van der Waals surface area contributed by atoms with Crippen molar-refractivity contribution in [1.29, 1.82) is 0 Å². The average molecular weight is 255 g/mol. The van der Waals surface area contributed by atoms with E-state index in [0.717, 1.165) is 41.1 Å². The zero-order valence-electron chi connectivity index (χ0n) is 11.2. The van der Waals surface area contributed by atoms with Gasteiger partial charge in [-0.25, -0.2) is 4.98 Å². The van der Waals surface area contributed by atoms with Crippen LogP contribution in [0, 0.1) is 0 Å². The van der Waals surface area contributed by atoms with Gasteiger partial charge in [-0.3, -0.25) is 0 Å². The van der Waals surface area contributed by atoms with Gasteiger partial charge in [0.15, 0.2) is 0 Å². The summed E-state index contributed by atoms with van der Waals surface area (Å²) in [5, 5.41) is 3.15. The van der Waals surface area contributed by atoms with Crippen LogP contribution in [0.5, 0.6) is 0 Å². The van der Waals surface area contributed by atoms with Crippen molar-refractivity contribution in [2.24, 2.45) is 7.05 Å². The molecule has 1 aromatic carbocycles. The van der Waals surface area contributed by atoms with E-state index in [2.05, 4.69) is 34.0 Å². The van der Waals surface area contributed by atoms with Crippen molar-refractivity contribution in [1.82, 2.24) is 9.55 Å². The fourth-order valence-electron chi connectivity index (χ4n) is 2.31. The first-order valence-corrected chi connectivity index (χ1v) is 6.43. The maximum Gasteiger partial charge on any atom is 0.110 e. The number of nitrogens with zero attached hydrogens (tertiary/aromatic N) is 2. The summed E-state index contributed by atoms with van der Waals surface area (Å²) in [6, 6.07) is 10.1. The van der Waals surface area contributed by atoms with Crippen molar-refractivity contribution in [2.75, 3.05) is 12.4 Å². The third kappa shape index (κ3) is 2.21. The highest BCUT2D eigenvalue weighted by Crippen LogP contribution is 2.20. The Balaban J connectivity index is 1.89. The fourth-order valence-corrected chi connectivity index (χ4v) is 2.31. The van der Waals surface area contributed by atoms with Crippen molar-refractivity contribution < 1.29 is 4.42 Å². The fraction of sp³-hybridized carbons (Fsp3) is 0.267. The SMILES string of the molecule is CNc1ccc2nc(CCc3ccco3)n(C)c2c1. The van der Waals surface area contributed by atoms with E-state index in [4.69, 9.17) is 4.42 Å². The van der Waals surface area contributed by atoms with Gasteiger partial charge in [-0.1, -0.05) is 0 Å². The molecule has 0 amide bonds. The zero-order valence-corrected chi connectivity index (χ0v) is 11.2. The molecule has 0 spiro atoms. The Morgan fingerprint density at radius 3 is 2.89 bits per heavy atom. The second-order valence-electron chi connectivity index (χ2n) is 4.62. The van der Waals surface area contributed by atoms with E-state index in [9.17, 15) is 0 Å². The zero-order chi connectivity index (χ0) is 13.2. The largest absolute Gasteiger partial charge is 0.469 e. The van der Waals surface area contributed by atoms with Crippen molar-refractivity contribution in [3.05, 3.63) is 48.2 Å². The topological polar surface area (TPSA) is 43.0 Å². The minimum absolute atomic E-state index is 0.878. The lowest BCUT2D eigenvalue weighted by Gasteiger charge is -2.02. The highest BCUT2D eigenvalue weighted by Gasteiger charge is 2.09. The van der Waals surface area contributed by atoms with Crippen LogP contribution in [-0.4, -0.2) is 16.6 Å². The molecule has 0 aliphatic heterocycles. The van der Waals surface area contributed by atoms with Gasteiger partial charge in [-0.05, 0) is 30.3 Å². The number of aromatic nitrogens is 2. The monoisotopic (exact) mass is 255 g/mol. The van der Waals surface area contributed by atoms with Crippen LogP contribution in [0.3, 0.4) is 0 Å². The molecule has 19 heavy (non-hydrogen) atoms. The molecule has 2 heterocycles. The number of anilines is 1. The summed E-state index contributed by atoms with van der Waals surface area (Å²) < 4.78 is 7.51. The Kier molecular flexibility index (Phi) is 2.99. The number of hydrogen-bond acceptors (Lipinski definition) is 3. The summed E-state index contributed by atoms with van der Waals surface area (Å²) in [4.78, 5) is 4.68. The molecule has 3 aromatic rings. The van der Waals surface area contributed by atoms with Gasteiger partial charge in [0, 0.05) is 32.6 Å². The molecule has 2 aromatic heterocycles. The van der Waals surface area contributed by atoms with Crippen molar-refractivity contribution in [2.45, 2.75) is 12.8 Å². The van der Waals surface area contributed by atoms with Crippen molar-refractivity contribution in [3.63, 3.8) is 0 Å². The molecule has 0 fully saturated rings. The van der Waals surface area contributed by atoms with Crippen LogP contribution in [0.1, 0.15) is 11.6 Å². The minimum atomic E-state index is 0.878. The first-order valence-electron chi connectivity index (χ1n) is 6.43. The lowest BCUT2D eigenvalue weighted by atomic mass is 10.2. The van der Waals surface area contributed by atoms with Gasteiger partial charge in [0.25, 0.3) is 0 Å². The number of nitrogens with one attached hydrogen (secondary N) is 1. The summed E-state index contributed by atoms with van der Waals surface area (Å²) in [6.07, 6.45) is 3.47. The number of furan rings is 1. The number of aryl methyl sites for hydroxylation is 3. The molecule has 1 N–H and O–H groups in total. The molecule has 0 saturated carbocycles. The Morgan fingerprint density at radius 2 is 2.16 bits per heavy atom. The van der Waals surface area contributed by atoms with Gasteiger partial charge in [-0.15, -0.1) is 0 Å². The molecule has 0 unspecified atom stereocenters. The number of imidazole rings is 1. The van der Waals surface area contributed by atoms with E-state index >= 15 is 0 Å². The molecular formula is C15H17N3O. The summed E-state index contributed by atoms with van der Waals surface area (Å²) >= 11 is 0. The molecule has 0 atom stereocenters. The van der Waals surface area contributed by atoms with Gasteiger partial charge >= 0.3 is 0 Å². The van der Waals surface area contributed by atoms with Crippen LogP contribution < -0.4 is 5.32 Å². The summed E-state index contributed by atoms with van der Waals surface area (Å²) in [5.74, 6) is 2.09. The van der Waals surface area contributed by atoms with Gasteiger partial charge < -0.3 is 14.3 Å². The Labute approximate surface area is 112 Å². The molecule has 4 heteroatoms. The third-order valence-electron chi connectivity index (χ3n) is 3.44. The van der Waals surface area contributed by atoms with E-state index in [1.807, 2.05) is 25.2 Å². The van der Waals surface area contributed by atoms with Crippen LogP contribution in [0.15, 0.2) is 41.0 Å². The minimum Gasteiger partial charge on any atom is -0.469 e. The van der Waals surface area contributed by atoms with Crippen LogP contribution in [-0.2, 0) is 19.9 Å². The van der Waals surface area contributed by atoms with Gasteiger partial charge in [0.05, 0.1) is 17.3 Å². The van der Waals surface area contributed by atoms with Crippen molar-refractivity contribution >= 4 is 16.7 Å². The lowest BCUT2D eigenvalue weighted by Crippen LogP contribution is -2.00. The molecule has 0 bridgehead atoms. The number of benzene rings is 1. The van der Waals surface area contributed by atoms with E-state index in [1.54, 1.807) is 6.26 Å². The van der Waals surface area contributed by atoms with Crippen LogP contribution in [0.2, 0.25) is 0 Å². The first kappa shape index (κ1) is 11.8. The van der Waals surface area contributed by atoms with Crippen LogP contribution >= 0.6 is 0 Å².